The number of nitrogens with zero attached hydrogens (tertiary/aromatic N) is 2. The highest BCUT2D eigenvalue weighted by Gasteiger charge is 2.31. The molecule has 0 saturated heterocycles. The highest BCUT2D eigenvalue weighted by molar-refractivity contribution is 6.30. The van der Waals surface area contributed by atoms with Gasteiger partial charge in [0.2, 0.25) is 5.91 Å². The number of amides is 1. The molecular formula is C12H10ClF3N4O2. The number of aromatic amines is 1. The molecule has 0 aliphatic carbocycles. The first-order valence-corrected chi connectivity index (χ1v) is 6.36. The van der Waals surface area contributed by atoms with Crippen molar-refractivity contribution in [3.05, 3.63) is 45.6 Å². The molecule has 22 heavy (non-hydrogen) atoms. The number of rotatable bonds is 3. The molecule has 2 N–H and O–H groups in total. The van der Waals surface area contributed by atoms with Gasteiger partial charge < -0.3 is 10.3 Å². The van der Waals surface area contributed by atoms with Crippen LogP contribution < -0.4 is 10.9 Å². The number of aromatic nitrogens is 3. The Morgan fingerprint density at radius 1 is 1.50 bits per heavy atom. The van der Waals surface area contributed by atoms with Crippen molar-refractivity contribution in [2.45, 2.75) is 19.1 Å². The summed E-state index contributed by atoms with van der Waals surface area (Å²) in [6, 6.07) is -0.291. The largest absolute Gasteiger partial charge is 0.417 e. The van der Waals surface area contributed by atoms with Gasteiger partial charge in [-0.25, -0.2) is 0 Å². The molecule has 0 fully saturated rings. The fourth-order valence-electron chi connectivity index (χ4n) is 1.62. The predicted octanol–water partition coefficient (Wildman–Crippen LogP) is 2.44. The zero-order chi connectivity index (χ0) is 16.5. The summed E-state index contributed by atoms with van der Waals surface area (Å²) in [6.45, 7) is 1.46. The zero-order valence-corrected chi connectivity index (χ0v) is 11.9. The minimum atomic E-state index is -4.63. The fraction of sp³-hybridized carbons (Fsp3) is 0.250. The van der Waals surface area contributed by atoms with Crippen LogP contribution >= 0.6 is 11.6 Å². The minimum absolute atomic E-state index is 0.302. The van der Waals surface area contributed by atoms with E-state index in [1.165, 1.54) is 24.0 Å². The van der Waals surface area contributed by atoms with Crippen molar-refractivity contribution >= 4 is 23.2 Å². The molecule has 0 aromatic carbocycles. The van der Waals surface area contributed by atoms with E-state index in [9.17, 15) is 22.8 Å². The average Bonchev–Trinajstić information content (AvgIpc) is 2.85. The first kappa shape index (κ1) is 16.1. The summed E-state index contributed by atoms with van der Waals surface area (Å²) in [5.41, 5.74) is -2.41. The van der Waals surface area contributed by atoms with Crippen LogP contribution in [-0.4, -0.2) is 20.7 Å². The van der Waals surface area contributed by atoms with E-state index in [0.717, 1.165) is 0 Å². The smallest absolute Gasteiger partial charge is 0.327 e. The Morgan fingerprint density at radius 3 is 2.73 bits per heavy atom. The maximum atomic E-state index is 12.6. The number of alkyl halides is 3. The summed E-state index contributed by atoms with van der Waals surface area (Å²) in [5, 5.41) is 6.26. The SMILES string of the molecule is C[C@H](C(=O)Nc1cc(C(F)(F)F)c[nH]c1=O)n1cc(Cl)cn1. The molecule has 0 aliphatic rings. The maximum Gasteiger partial charge on any atom is 0.417 e. The van der Waals surface area contributed by atoms with Crippen molar-refractivity contribution in [2.24, 2.45) is 0 Å². The molecule has 0 radical (unpaired) electrons. The van der Waals surface area contributed by atoms with E-state index in [-0.39, 0.29) is 0 Å². The van der Waals surface area contributed by atoms with Crippen LogP contribution in [0.1, 0.15) is 18.5 Å². The van der Waals surface area contributed by atoms with Gasteiger partial charge >= 0.3 is 6.18 Å². The third-order valence-electron chi connectivity index (χ3n) is 2.83. The first-order valence-electron chi connectivity index (χ1n) is 5.99. The molecular weight excluding hydrogens is 325 g/mol. The van der Waals surface area contributed by atoms with Crippen molar-refractivity contribution in [3.63, 3.8) is 0 Å². The van der Waals surface area contributed by atoms with Gasteiger partial charge in [0.05, 0.1) is 16.8 Å². The Bertz CT molecular complexity index is 753. The molecule has 0 aliphatic heterocycles. The van der Waals surface area contributed by atoms with Crippen LogP contribution in [-0.2, 0) is 11.0 Å². The van der Waals surface area contributed by atoms with Crippen LogP contribution in [0.15, 0.2) is 29.5 Å². The van der Waals surface area contributed by atoms with E-state index in [1.807, 2.05) is 4.98 Å². The second-order valence-electron chi connectivity index (χ2n) is 4.43. The van der Waals surface area contributed by atoms with Crippen LogP contribution in [0.5, 0.6) is 0 Å². The Morgan fingerprint density at radius 2 is 2.18 bits per heavy atom. The molecule has 2 aromatic heterocycles. The Hall–Kier alpha value is -2.29. The van der Waals surface area contributed by atoms with Crippen molar-refractivity contribution in [3.8, 4) is 0 Å². The lowest BCUT2D eigenvalue weighted by Gasteiger charge is -2.13. The predicted molar refractivity (Wildman–Crippen MR) is 72.6 cm³/mol. The number of nitrogens with one attached hydrogen (secondary N) is 2. The van der Waals surface area contributed by atoms with Gasteiger partial charge in [-0.15, -0.1) is 0 Å². The van der Waals surface area contributed by atoms with Crippen LogP contribution in [0.2, 0.25) is 5.02 Å². The van der Waals surface area contributed by atoms with E-state index in [1.54, 1.807) is 0 Å². The normalized spacial score (nSPS) is 13.0. The van der Waals surface area contributed by atoms with Crippen LogP contribution in [0, 0.1) is 0 Å². The summed E-state index contributed by atoms with van der Waals surface area (Å²) in [4.78, 5) is 25.4. The molecule has 0 spiro atoms. The Balaban J connectivity index is 2.23. The molecule has 2 heterocycles. The fourth-order valence-corrected chi connectivity index (χ4v) is 1.77. The molecule has 0 saturated carbocycles. The molecule has 0 unspecified atom stereocenters. The van der Waals surface area contributed by atoms with Gasteiger partial charge in [0, 0.05) is 12.4 Å². The number of anilines is 1. The van der Waals surface area contributed by atoms with Gasteiger partial charge in [-0.05, 0) is 13.0 Å². The number of H-pyrrole nitrogens is 1. The van der Waals surface area contributed by atoms with Crippen molar-refractivity contribution in [1.29, 1.82) is 0 Å². The molecule has 10 heteroatoms. The lowest BCUT2D eigenvalue weighted by molar-refractivity contribution is -0.137. The third kappa shape index (κ3) is 3.48. The number of hydrogen-bond acceptors (Lipinski definition) is 3. The Labute approximate surface area is 126 Å². The third-order valence-corrected chi connectivity index (χ3v) is 3.03. The summed E-state index contributed by atoms with van der Waals surface area (Å²) in [7, 11) is 0. The average molecular weight is 335 g/mol. The monoisotopic (exact) mass is 334 g/mol. The molecule has 2 rings (SSSR count). The molecule has 0 bridgehead atoms. The van der Waals surface area contributed by atoms with E-state index in [0.29, 0.717) is 17.3 Å². The van der Waals surface area contributed by atoms with E-state index < -0.39 is 34.9 Å². The summed E-state index contributed by atoms with van der Waals surface area (Å²) in [6.07, 6.45) is -1.41. The highest BCUT2D eigenvalue weighted by atomic mass is 35.5. The lowest BCUT2D eigenvalue weighted by Crippen LogP contribution is -2.27. The van der Waals surface area contributed by atoms with Crippen LogP contribution in [0.25, 0.3) is 0 Å². The van der Waals surface area contributed by atoms with E-state index >= 15 is 0 Å². The second kappa shape index (κ2) is 5.84. The van der Waals surface area contributed by atoms with Crippen molar-refractivity contribution in [1.82, 2.24) is 14.8 Å². The lowest BCUT2D eigenvalue weighted by atomic mass is 10.2. The highest BCUT2D eigenvalue weighted by Crippen LogP contribution is 2.29. The molecule has 118 valence electrons. The minimum Gasteiger partial charge on any atom is -0.327 e. The number of carbonyl (C=O) groups is 1. The number of hydrogen-bond donors (Lipinski definition) is 2. The molecule has 1 atom stereocenters. The van der Waals surface area contributed by atoms with E-state index in [2.05, 4.69) is 10.4 Å². The Kier molecular flexibility index (Phi) is 4.27. The van der Waals surface area contributed by atoms with Crippen LogP contribution in [0.4, 0.5) is 18.9 Å². The van der Waals surface area contributed by atoms with Gasteiger partial charge in [-0.2, -0.15) is 18.3 Å². The number of pyridine rings is 1. The van der Waals surface area contributed by atoms with E-state index in [4.69, 9.17) is 11.6 Å². The first-order chi connectivity index (χ1) is 10.2. The summed E-state index contributed by atoms with van der Waals surface area (Å²) in [5.74, 6) is -0.704. The van der Waals surface area contributed by atoms with Gasteiger partial charge in [0.1, 0.15) is 11.7 Å². The quantitative estimate of drug-likeness (QED) is 0.904. The number of carbonyl (C=O) groups excluding carboxylic acids is 1. The molecule has 6 nitrogen and oxygen atoms in total. The topological polar surface area (TPSA) is 79.8 Å². The van der Waals surface area contributed by atoms with Crippen LogP contribution in [0.3, 0.4) is 0 Å². The van der Waals surface area contributed by atoms with Crippen molar-refractivity contribution < 1.29 is 18.0 Å². The van der Waals surface area contributed by atoms with Gasteiger partial charge in [-0.1, -0.05) is 11.6 Å². The standard InChI is InChI=1S/C12H10ClF3N4O2/c1-6(20-5-8(13)4-18-20)10(21)19-9-2-7(12(14,15)16)3-17-11(9)22/h2-6H,1H3,(H,17,22)(H,19,21)/t6-/m1/s1. The van der Waals surface area contributed by atoms with Gasteiger partial charge in [0.25, 0.3) is 5.56 Å². The second-order valence-corrected chi connectivity index (χ2v) is 4.87. The van der Waals surface area contributed by atoms with Gasteiger partial charge in [0.15, 0.2) is 0 Å². The molecule has 1 amide bonds. The maximum absolute atomic E-state index is 12.6. The molecule has 2 aromatic rings. The number of halogens is 4. The van der Waals surface area contributed by atoms with Crippen molar-refractivity contribution in [2.75, 3.05) is 5.32 Å². The summed E-state index contributed by atoms with van der Waals surface area (Å²) >= 11 is 5.67. The van der Waals surface area contributed by atoms with Gasteiger partial charge in [-0.3, -0.25) is 14.3 Å². The summed E-state index contributed by atoms with van der Waals surface area (Å²) < 4.78 is 39.0. The zero-order valence-electron chi connectivity index (χ0n) is 11.1.